The highest BCUT2D eigenvalue weighted by atomic mass is 14.8. The predicted octanol–water partition coefficient (Wildman–Crippen LogP) is -0.794. The summed E-state index contributed by atoms with van der Waals surface area (Å²) in [5.74, 6) is 0. The van der Waals surface area contributed by atoms with Gasteiger partial charge in [-0.25, -0.2) is 0 Å². The second kappa shape index (κ2) is 0.566. The summed E-state index contributed by atoms with van der Waals surface area (Å²) in [6, 6.07) is 0. The molecule has 0 amide bonds. The largest absolute Gasteiger partial charge is 0.395 e. The molecule has 0 heterocycles. The molecule has 0 spiro atoms. The first kappa shape index (κ1) is 3.21. The number of nitrogens with one attached hydrogen (secondary N) is 1. The van der Waals surface area contributed by atoms with E-state index in [2.05, 4.69) is 0 Å². The Morgan fingerprint density at radius 3 is 1.33 bits per heavy atom. The van der Waals surface area contributed by atoms with Crippen LogP contribution in [0.25, 0.3) is 0 Å². The number of nitrogens with two attached hydrogens (primary N) is 2. The van der Waals surface area contributed by atoms with E-state index in [9.17, 15) is 0 Å². The van der Waals surface area contributed by atoms with Crippen LogP contribution in [0.15, 0.2) is 0 Å². The Labute approximate surface area is 34.8 Å². The Balaban J connectivity index is 3.11. The van der Waals surface area contributed by atoms with Crippen molar-refractivity contribution in [2.45, 2.75) is 0 Å². The van der Waals surface area contributed by atoms with Crippen LogP contribution in [-0.2, 0) is 0 Å². The number of anilines is 2. The van der Waals surface area contributed by atoms with Crippen LogP contribution >= 0.6 is 0 Å². The van der Waals surface area contributed by atoms with Gasteiger partial charge in [-0.1, -0.05) is 0 Å². The van der Waals surface area contributed by atoms with E-state index in [1.807, 2.05) is 0 Å². The van der Waals surface area contributed by atoms with Crippen LogP contribution in [0.4, 0.5) is 11.4 Å². The molecule has 0 aliphatic heterocycles. The van der Waals surface area contributed by atoms with Crippen molar-refractivity contribution in [3.63, 3.8) is 0 Å². The van der Waals surface area contributed by atoms with Crippen molar-refractivity contribution in [3.8, 4) is 0 Å². The van der Waals surface area contributed by atoms with Crippen LogP contribution in [-0.4, -0.2) is 0 Å². The van der Waals surface area contributed by atoms with Gasteiger partial charge in [0.05, 0.1) is 11.4 Å². The number of hydrogen-bond donors (Lipinski definition) is 3. The summed E-state index contributed by atoms with van der Waals surface area (Å²) in [6.07, 6.45) is 0. The zero-order chi connectivity index (χ0) is 4.73. The molecule has 0 radical (unpaired) electrons. The first-order valence-corrected chi connectivity index (χ1v) is 1.58. The van der Waals surface area contributed by atoms with E-state index in [-0.39, 0.29) is 0 Å². The molecular weight excluding hydrogens is 78.1 g/mol. The molecule has 3 nitrogen and oxygen atoms in total. The van der Waals surface area contributed by atoms with Crippen LogP contribution in [0.5, 0.6) is 0 Å². The standard InChI is InChI=1S/C3H5N3/c4-1-2(5)3(1)6/h4H,5-6H2. The molecule has 0 aliphatic rings. The van der Waals surface area contributed by atoms with Gasteiger partial charge in [0.2, 0.25) is 0 Å². The van der Waals surface area contributed by atoms with Gasteiger partial charge in [-0.05, 0) is 0 Å². The molecule has 0 aromatic heterocycles. The monoisotopic (exact) mass is 83.0 g/mol. The van der Waals surface area contributed by atoms with Gasteiger partial charge in [0.25, 0.3) is 0 Å². The molecule has 32 valence electrons. The SMILES string of the molecule is N=c1c(N)c1N. The molecule has 5 N–H and O–H groups in total. The van der Waals surface area contributed by atoms with Crippen molar-refractivity contribution in [3.05, 3.63) is 5.36 Å². The van der Waals surface area contributed by atoms with Crippen LogP contribution in [0, 0.1) is 5.41 Å². The van der Waals surface area contributed by atoms with Gasteiger partial charge in [0, 0.05) is 0 Å². The third-order valence-corrected chi connectivity index (χ3v) is 0.766. The summed E-state index contributed by atoms with van der Waals surface area (Å²) in [5.41, 5.74) is 11.0. The van der Waals surface area contributed by atoms with Gasteiger partial charge >= 0.3 is 0 Å². The first-order chi connectivity index (χ1) is 2.73. The van der Waals surface area contributed by atoms with Crippen molar-refractivity contribution < 1.29 is 0 Å². The van der Waals surface area contributed by atoms with E-state index in [1.165, 1.54) is 0 Å². The topological polar surface area (TPSA) is 75.9 Å². The highest BCUT2D eigenvalue weighted by Crippen LogP contribution is 2.10. The lowest BCUT2D eigenvalue weighted by Crippen LogP contribution is -1.81. The Kier molecular flexibility index (Phi) is 0.303. The quantitative estimate of drug-likeness (QED) is 0.384. The molecule has 1 aromatic carbocycles. The maximum absolute atomic E-state index is 6.70. The van der Waals surface area contributed by atoms with Crippen molar-refractivity contribution >= 4 is 11.4 Å². The lowest BCUT2D eigenvalue weighted by Gasteiger charge is -1.58. The van der Waals surface area contributed by atoms with Crippen molar-refractivity contribution in [1.82, 2.24) is 0 Å². The second-order valence-electron chi connectivity index (χ2n) is 1.20. The van der Waals surface area contributed by atoms with Gasteiger partial charge < -0.3 is 11.5 Å². The van der Waals surface area contributed by atoms with E-state index in [1.54, 1.807) is 0 Å². The maximum Gasteiger partial charge on any atom is 0.104 e. The number of hydrogen-bond acceptors (Lipinski definition) is 3. The van der Waals surface area contributed by atoms with Gasteiger partial charge in [-0.15, -0.1) is 0 Å². The smallest absolute Gasteiger partial charge is 0.104 e. The summed E-state index contributed by atoms with van der Waals surface area (Å²) in [7, 11) is 0. The Hall–Kier alpha value is -0.990. The van der Waals surface area contributed by atoms with Crippen molar-refractivity contribution in [1.29, 1.82) is 5.41 Å². The van der Waals surface area contributed by atoms with Gasteiger partial charge in [0.1, 0.15) is 5.36 Å². The summed E-state index contributed by atoms with van der Waals surface area (Å²) >= 11 is 0. The molecular formula is C3H5N3. The Morgan fingerprint density at radius 2 is 1.33 bits per heavy atom. The fraction of sp³-hybridized carbons (Fsp3) is 0. The molecule has 0 saturated carbocycles. The minimum Gasteiger partial charge on any atom is -0.395 e. The summed E-state index contributed by atoms with van der Waals surface area (Å²) < 4.78 is 0. The summed E-state index contributed by atoms with van der Waals surface area (Å²) in [5, 5.41) is 7.01. The van der Waals surface area contributed by atoms with Gasteiger partial charge in [-0.2, -0.15) is 0 Å². The van der Waals surface area contributed by atoms with E-state index in [4.69, 9.17) is 16.9 Å². The molecule has 0 unspecified atom stereocenters. The minimum atomic E-state index is 0.315. The lowest BCUT2D eigenvalue weighted by molar-refractivity contribution is 1.37. The normalized spacial score (nSPS) is 10.0. The van der Waals surface area contributed by atoms with Crippen LogP contribution in [0.3, 0.4) is 0 Å². The van der Waals surface area contributed by atoms with E-state index >= 15 is 0 Å². The molecule has 0 fully saturated rings. The van der Waals surface area contributed by atoms with Crippen molar-refractivity contribution in [2.75, 3.05) is 11.5 Å². The van der Waals surface area contributed by atoms with Crippen LogP contribution < -0.4 is 16.8 Å². The Morgan fingerprint density at radius 1 is 1.17 bits per heavy atom. The average molecular weight is 83.1 g/mol. The molecule has 6 heavy (non-hydrogen) atoms. The number of nitrogen functional groups attached to an aromatic ring is 2. The highest BCUT2D eigenvalue weighted by molar-refractivity contribution is 5.76. The molecule has 0 bridgehead atoms. The zero-order valence-corrected chi connectivity index (χ0v) is 3.15. The third-order valence-electron chi connectivity index (χ3n) is 0.766. The first-order valence-electron chi connectivity index (χ1n) is 1.58. The van der Waals surface area contributed by atoms with Crippen LogP contribution in [0.1, 0.15) is 0 Å². The van der Waals surface area contributed by atoms with Crippen LogP contribution in [0.2, 0.25) is 0 Å². The average Bonchev–Trinajstić information content (AvgIpc) is 1.94. The van der Waals surface area contributed by atoms with E-state index in [0.29, 0.717) is 16.7 Å². The molecule has 0 aliphatic carbocycles. The zero-order valence-electron chi connectivity index (χ0n) is 3.15. The fourth-order valence-electron chi connectivity index (χ4n) is 0.217. The number of rotatable bonds is 0. The molecule has 1 aromatic rings. The fourth-order valence-corrected chi connectivity index (χ4v) is 0.217. The summed E-state index contributed by atoms with van der Waals surface area (Å²) in [4.78, 5) is 0. The van der Waals surface area contributed by atoms with Gasteiger partial charge in [0.15, 0.2) is 0 Å². The second-order valence-corrected chi connectivity index (χ2v) is 1.20. The third kappa shape index (κ3) is 0.150. The maximum atomic E-state index is 6.70. The summed E-state index contributed by atoms with van der Waals surface area (Å²) in [6.45, 7) is 0. The molecule has 3 heteroatoms. The van der Waals surface area contributed by atoms with Crippen molar-refractivity contribution in [2.24, 2.45) is 0 Å². The molecule has 1 rings (SSSR count). The minimum absolute atomic E-state index is 0.315. The molecule has 0 saturated heterocycles. The Bertz CT molecular complexity index is 152. The van der Waals surface area contributed by atoms with E-state index in [0.717, 1.165) is 0 Å². The molecule has 0 atom stereocenters. The lowest BCUT2D eigenvalue weighted by atomic mass is 10.9. The highest BCUT2D eigenvalue weighted by Gasteiger charge is 2.07. The van der Waals surface area contributed by atoms with Gasteiger partial charge in [-0.3, -0.25) is 5.41 Å². The predicted molar refractivity (Wildman–Crippen MR) is 23.5 cm³/mol. The van der Waals surface area contributed by atoms with E-state index < -0.39 is 0 Å².